The summed E-state index contributed by atoms with van der Waals surface area (Å²) in [6.45, 7) is 2.03. The van der Waals surface area contributed by atoms with Gasteiger partial charge in [-0.2, -0.15) is 0 Å². The van der Waals surface area contributed by atoms with Crippen molar-refractivity contribution in [1.29, 1.82) is 0 Å². The van der Waals surface area contributed by atoms with Crippen molar-refractivity contribution in [2.45, 2.75) is 32.4 Å². The third-order valence-corrected chi connectivity index (χ3v) is 6.23. The lowest BCUT2D eigenvalue weighted by Crippen LogP contribution is -2.48. The van der Waals surface area contributed by atoms with Crippen molar-refractivity contribution in [3.8, 4) is 0 Å². The molecule has 1 atom stereocenters. The molecule has 154 valence electrons. The molecule has 7 nitrogen and oxygen atoms in total. The molecule has 0 aliphatic rings. The highest BCUT2D eigenvalue weighted by Crippen LogP contribution is 2.13. The van der Waals surface area contributed by atoms with Crippen molar-refractivity contribution < 1.29 is 13.2 Å². The summed E-state index contributed by atoms with van der Waals surface area (Å²) < 4.78 is 27.0. The minimum Gasteiger partial charge on any atom is -0.351 e. The van der Waals surface area contributed by atoms with Crippen molar-refractivity contribution in [2.75, 3.05) is 5.75 Å². The Morgan fingerprint density at radius 2 is 1.97 bits per heavy atom. The third-order valence-electron chi connectivity index (χ3n) is 4.39. The summed E-state index contributed by atoms with van der Waals surface area (Å²) in [7, 11) is -3.56. The van der Waals surface area contributed by atoms with Crippen LogP contribution in [0.5, 0.6) is 0 Å². The second-order valence-electron chi connectivity index (χ2n) is 6.80. The van der Waals surface area contributed by atoms with Crippen LogP contribution in [0.2, 0.25) is 5.02 Å². The number of rotatable bonds is 9. The summed E-state index contributed by atoms with van der Waals surface area (Å²) in [5.41, 5.74) is 2.41. The highest BCUT2D eigenvalue weighted by Gasteiger charge is 2.24. The van der Waals surface area contributed by atoms with E-state index in [1.54, 1.807) is 43.6 Å². The van der Waals surface area contributed by atoms with Gasteiger partial charge in [-0.05, 0) is 48.2 Å². The molecule has 1 amide bonds. The molecule has 3 rings (SSSR count). The summed E-state index contributed by atoms with van der Waals surface area (Å²) in [6, 6.07) is 9.89. The molecule has 1 aromatic carbocycles. The number of nitrogens with one attached hydrogen (secondary N) is 3. The number of halogens is 1. The zero-order valence-corrected chi connectivity index (χ0v) is 17.6. The van der Waals surface area contributed by atoms with Gasteiger partial charge in [-0.1, -0.05) is 30.7 Å². The number of aromatic nitrogens is 2. The van der Waals surface area contributed by atoms with Gasteiger partial charge in [0, 0.05) is 29.3 Å². The van der Waals surface area contributed by atoms with E-state index in [0.717, 1.165) is 22.2 Å². The van der Waals surface area contributed by atoms with Crippen molar-refractivity contribution >= 4 is 38.6 Å². The lowest BCUT2D eigenvalue weighted by atomic mass is 10.1. The molecule has 9 heteroatoms. The van der Waals surface area contributed by atoms with Crippen LogP contribution < -0.4 is 10.0 Å². The Morgan fingerprint density at radius 3 is 2.69 bits per heavy atom. The highest BCUT2D eigenvalue weighted by atomic mass is 35.5. The number of hydrogen-bond acceptors (Lipinski definition) is 4. The van der Waals surface area contributed by atoms with Crippen LogP contribution in [-0.4, -0.2) is 36.1 Å². The Morgan fingerprint density at radius 1 is 1.21 bits per heavy atom. The van der Waals surface area contributed by atoms with Crippen molar-refractivity contribution in [3.63, 3.8) is 0 Å². The maximum atomic E-state index is 12.8. The van der Waals surface area contributed by atoms with Gasteiger partial charge in [-0.25, -0.2) is 18.1 Å². The van der Waals surface area contributed by atoms with Gasteiger partial charge in [-0.15, -0.1) is 0 Å². The van der Waals surface area contributed by atoms with Gasteiger partial charge in [-0.3, -0.25) is 4.79 Å². The molecular formula is C20H23ClN4O3S. The molecule has 0 saturated heterocycles. The molecule has 0 fully saturated rings. The van der Waals surface area contributed by atoms with Crippen LogP contribution in [0.1, 0.15) is 24.5 Å². The second-order valence-corrected chi connectivity index (χ2v) is 9.11. The van der Waals surface area contributed by atoms with Gasteiger partial charge in [0.15, 0.2) is 0 Å². The predicted octanol–water partition coefficient (Wildman–Crippen LogP) is 2.77. The van der Waals surface area contributed by atoms with E-state index in [9.17, 15) is 13.2 Å². The SMILES string of the molecule is CCCS(=O)(=O)N[C@@H](Cc1ccc(Cl)cc1)C(=O)NCc1cnc2[nH]ccc2c1. The molecule has 0 aliphatic heterocycles. The van der Waals surface area contributed by atoms with Crippen LogP contribution in [-0.2, 0) is 27.8 Å². The minimum atomic E-state index is -3.56. The Bertz CT molecular complexity index is 1080. The zero-order valence-electron chi connectivity index (χ0n) is 16.0. The first-order valence-corrected chi connectivity index (χ1v) is 11.3. The lowest BCUT2D eigenvalue weighted by molar-refractivity contribution is -0.122. The van der Waals surface area contributed by atoms with Crippen LogP contribution in [0.3, 0.4) is 0 Å². The van der Waals surface area contributed by atoms with E-state index < -0.39 is 22.0 Å². The average molecular weight is 435 g/mol. The lowest BCUT2D eigenvalue weighted by Gasteiger charge is -2.19. The number of sulfonamides is 1. The Balaban J connectivity index is 1.72. The fourth-order valence-electron chi connectivity index (χ4n) is 2.98. The summed E-state index contributed by atoms with van der Waals surface area (Å²) >= 11 is 5.91. The number of carbonyl (C=O) groups excluding carboxylic acids is 1. The molecule has 0 unspecified atom stereocenters. The van der Waals surface area contributed by atoms with Crippen LogP contribution in [0.4, 0.5) is 0 Å². The first-order valence-electron chi connectivity index (χ1n) is 9.30. The molecule has 2 aromatic heterocycles. The fourth-order valence-corrected chi connectivity index (χ4v) is 4.39. The number of nitrogens with zero attached hydrogens (tertiary/aromatic N) is 1. The number of fused-ring (bicyclic) bond motifs is 1. The third kappa shape index (κ3) is 6.03. The summed E-state index contributed by atoms with van der Waals surface area (Å²) in [4.78, 5) is 20.1. The Hall–Kier alpha value is -2.42. The maximum absolute atomic E-state index is 12.8. The average Bonchev–Trinajstić information content (AvgIpc) is 3.15. The summed E-state index contributed by atoms with van der Waals surface area (Å²) in [5.74, 6) is -0.431. The second kappa shape index (κ2) is 9.39. The topological polar surface area (TPSA) is 104 Å². The first-order chi connectivity index (χ1) is 13.9. The molecule has 0 radical (unpaired) electrons. The van der Waals surface area contributed by atoms with E-state index >= 15 is 0 Å². The number of benzene rings is 1. The van der Waals surface area contributed by atoms with Gasteiger partial charge in [0.1, 0.15) is 11.7 Å². The standard InChI is InChI=1S/C20H23ClN4O3S/c1-2-9-29(27,28)25-18(11-14-3-5-17(21)6-4-14)20(26)24-13-15-10-16-7-8-22-19(16)23-12-15/h3-8,10,12,18,25H,2,9,11,13H2,1H3,(H,22,23)(H,24,26)/t18-/m0/s1. The van der Waals surface area contributed by atoms with Gasteiger partial charge in [0.25, 0.3) is 0 Å². The summed E-state index contributed by atoms with van der Waals surface area (Å²) in [6.07, 6.45) is 4.16. The number of amides is 1. The van der Waals surface area contributed by atoms with E-state index in [1.807, 2.05) is 12.1 Å². The van der Waals surface area contributed by atoms with Gasteiger partial charge < -0.3 is 10.3 Å². The van der Waals surface area contributed by atoms with E-state index in [-0.39, 0.29) is 18.7 Å². The molecule has 2 heterocycles. The molecule has 3 aromatic rings. The van der Waals surface area contributed by atoms with Gasteiger partial charge in [0.2, 0.25) is 15.9 Å². The number of carbonyl (C=O) groups is 1. The quantitative estimate of drug-likeness (QED) is 0.481. The Kier molecular flexibility index (Phi) is 6.89. The molecule has 0 saturated carbocycles. The molecule has 0 spiro atoms. The molecule has 0 bridgehead atoms. The van der Waals surface area contributed by atoms with Crippen LogP contribution >= 0.6 is 11.6 Å². The first kappa shape index (κ1) is 21.3. The highest BCUT2D eigenvalue weighted by molar-refractivity contribution is 7.89. The van der Waals surface area contributed by atoms with E-state index in [1.165, 1.54) is 0 Å². The molecule has 0 aliphatic carbocycles. The molecule has 29 heavy (non-hydrogen) atoms. The van der Waals surface area contributed by atoms with E-state index in [4.69, 9.17) is 11.6 Å². The minimum absolute atomic E-state index is 0.0362. The Labute approximate surface area is 174 Å². The largest absolute Gasteiger partial charge is 0.351 e. The molecular weight excluding hydrogens is 412 g/mol. The van der Waals surface area contributed by atoms with Crippen molar-refractivity contribution in [3.05, 3.63) is 64.9 Å². The van der Waals surface area contributed by atoms with Crippen LogP contribution in [0, 0.1) is 0 Å². The molecule has 3 N–H and O–H groups in total. The van der Waals surface area contributed by atoms with Crippen molar-refractivity contribution in [1.82, 2.24) is 20.0 Å². The van der Waals surface area contributed by atoms with E-state index in [0.29, 0.717) is 11.4 Å². The number of aromatic amines is 1. The fraction of sp³-hybridized carbons (Fsp3) is 0.300. The van der Waals surface area contributed by atoms with Gasteiger partial charge in [0.05, 0.1) is 5.75 Å². The normalized spacial score (nSPS) is 12.8. The van der Waals surface area contributed by atoms with E-state index in [2.05, 4.69) is 20.0 Å². The van der Waals surface area contributed by atoms with Gasteiger partial charge >= 0.3 is 0 Å². The number of hydrogen-bond donors (Lipinski definition) is 3. The monoisotopic (exact) mass is 434 g/mol. The van der Waals surface area contributed by atoms with Crippen molar-refractivity contribution in [2.24, 2.45) is 0 Å². The maximum Gasteiger partial charge on any atom is 0.238 e. The predicted molar refractivity (Wildman–Crippen MR) is 114 cm³/mol. The summed E-state index contributed by atoms with van der Waals surface area (Å²) in [5, 5.41) is 4.33. The number of pyridine rings is 1. The zero-order chi connectivity index (χ0) is 20.9. The van der Waals surface area contributed by atoms with Crippen LogP contribution in [0.15, 0.2) is 48.8 Å². The smallest absolute Gasteiger partial charge is 0.238 e. The number of H-pyrrole nitrogens is 1. The van der Waals surface area contributed by atoms with Crippen LogP contribution in [0.25, 0.3) is 11.0 Å².